The fraction of sp³-hybridized carbons (Fsp3) is 0.636. The summed E-state index contributed by atoms with van der Waals surface area (Å²) in [7, 11) is 0. The molecule has 4 nitrogen and oxygen atoms in total. The minimum atomic E-state index is 0.348. The number of aromatic nitrogens is 2. The van der Waals surface area contributed by atoms with Gasteiger partial charge in [-0.05, 0) is 6.42 Å². The molecule has 15 heavy (non-hydrogen) atoms. The molecular formula is C11H18N4. The van der Waals surface area contributed by atoms with Crippen molar-refractivity contribution >= 4 is 0 Å². The Morgan fingerprint density at radius 1 is 1.47 bits per heavy atom. The molecule has 4 heteroatoms. The van der Waals surface area contributed by atoms with Crippen LogP contribution >= 0.6 is 0 Å². The SMILES string of the molecule is CCc1ncc(CN2CCC(N)C2)cn1. The van der Waals surface area contributed by atoms with Crippen LogP contribution in [0.1, 0.15) is 24.7 Å². The second kappa shape index (κ2) is 4.68. The van der Waals surface area contributed by atoms with Gasteiger partial charge in [0.25, 0.3) is 0 Å². The Morgan fingerprint density at radius 3 is 2.73 bits per heavy atom. The summed E-state index contributed by atoms with van der Waals surface area (Å²) in [6, 6.07) is 0.348. The summed E-state index contributed by atoms with van der Waals surface area (Å²) >= 11 is 0. The van der Waals surface area contributed by atoms with Gasteiger partial charge in [0.1, 0.15) is 5.82 Å². The lowest BCUT2D eigenvalue weighted by molar-refractivity contribution is 0.326. The summed E-state index contributed by atoms with van der Waals surface area (Å²) in [5, 5.41) is 0. The van der Waals surface area contributed by atoms with Gasteiger partial charge in [-0.1, -0.05) is 6.92 Å². The fourth-order valence-electron chi connectivity index (χ4n) is 1.91. The van der Waals surface area contributed by atoms with Crippen LogP contribution < -0.4 is 5.73 Å². The van der Waals surface area contributed by atoms with Gasteiger partial charge in [0.2, 0.25) is 0 Å². The smallest absolute Gasteiger partial charge is 0.127 e. The molecule has 1 atom stereocenters. The predicted molar refractivity (Wildman–Crippen MR) is 59.3 cm³/mol. The van der Waals surface area contributed by atoms with E-state index in [2.05, 4.69) is 21.8 Å². The number of likely N-dealkylation sites (tertiary alicyclic amines) is 1. The third-order valence-corrected chi connectivity index (χ3v) is 2.79. The number of rotatable bonds is 3. The van der Waals surface area contributed by atoms with Crippen LogP contribution in [-0.4, -0.2) is 34.0 Å². The predicted octanol–water partition coefficient (Wildman–Crippen LogP) is 0.572. The Balaban J connectivity index is 1.93. The molecule has 1 aliphatic heterocycles. The molecular weight excluding hydrogens is 188 g/mol. The number of nitrogens with two attached hydrogens (primary N) is 1. The Morgan fingerprint density at radius 2 is 2.20 bits per heavy atom. The average molecular weight is 206 g/mol. The molecule has 0 spiro atoms. The maximum Gasteiger partial charge on any atom is 0.127 e. The summed E-state index contributed by atoms with van der Waals surface area (Å²) < 4.78 is 0. The number of aryl methyl sites for hydroxylation is 1. The van der Waals surface area contributed by atoms with Gasteiger partial charge in [-0.25, -0.2) is 9.97 Å². The van der Waals surface area contributed by atoms with E-state index in [0.717, 1.165) is 38.3 Å². The van der Waals surface area contributed by atoms with Crippen LogP contribution in [0.2, 0.25) is 0 Å². The molecule has 1 fully saturated rings. The Kier molecular flexibility index (Phi) is 3.28. The minimum Gasteiger partial charge on any atom is -0.326 e. The molecule has 0 aliphatic carbocycles. The zero-order valence-electron chi connectivity index (χ0n) is 9.19. The van der Waals surface area contributed by atoms with Gasteiger partial charge < -0.3 is 5.73 Å². The highest BCUT2D eigenvalue weighted by Crippen LogP contribution is 2.10. The van der Waals surface area contributed by atoms with Crippen LogP contribution in [0.4, 0.5) is 0 Å². The van der Waals surface area contributed by atoms with Gasteiger partial charge in [0, 0.05) is 50.1 Å². The van der Waals surface area contributed by atoms with Gasteiger partial charge in [-0.15, -0.1) is 0 Å². The zero-order chi connectivity index (χ0) is 10.7. The second-order valence-corrected chi connectivity index (χ2v) is 4.14. The van der Waals surface area contributed by atoms with E-state index in [1.807, 2.05) is 12.4 Å². The molecule has 0 saturated carbocycles. The topological polar surface area (TPSA) is 55.0 Å². The van der Waals surface area contributed by atoms with Gasteiger partial charge >= 0.3 is 0 Å². The van der Waals surface area contributed by atoms with Gasteiger partial charge in [0.05, 0.1) is 0 Å². The zero-order valence-corrected chi connectivity index (χ0v) is 9.19. The first-order valence-electron chi connectivity index (χ1n) is 5.55. The van der Waals surface area contributed by atoms with E-state index in [1.54, 1.807) is 0 Å². The minimum absolute atomic E-state index is 0.348. The lowest BCUT2D eigenvalue weighted by atomic mass is 10.3. The van der Waals surface area contributed by atoms with E-state index in [9.17, 15) is 0 Å². The molecule has 0 aromatic carbocycles. The summed E-state index contributed by atoms with van der Waals surface area (Å²) in [5.41, 5.74) is 7.03. The summed E-state index contributed by atoms with van der Waals surface area (Å²) in [4.78, 5) is 10.9. The van der Waals surface area contributed by atoms with Gasteiger partial charge in [-0.2, -0.15) is 0 Å². The largest absolute Gasteiger partial charge is 0.326 e. The van der Waals surface area contributed by atoms with Crippen molar-refractivity contribution in [1.82, 2.24) is 14.9 Å². The van der Waals surface area contributed by atoms with E-state index in [-0.39, 0.29) is 0 Å². The Labute approximate surface area is 90.5 Å². The van der Waals surface area contributed by atoms with E-state index in [0.29, 0.717) is 6.04 Å². The van der Waals surface area contributed by atoms with E-state index < -0.39 is 0 Å². The highest BCUT2D eigenvalue weighted by atomic mass is 15.2. The van der Waals surface area contributed by atoms with Gasteiger partial charge in [0.15, 0.2) is 0 Å². The highest BCUT2D eigenvalue weighted by Gasteiger charge is 2.18. The normalized spacial score (nSPS) is 22.1. The lowest BCUT2D eigenvalue weighted by Gasteiger charge is -2.14. The fourth-order valence-corrected chi connectivity index (χ4v) is 1.91. The molecule has 0 amide bonds. The number of hydrogen-bond donors (Lipinski definition) is 1. The molecule has 0 radical (unpaired) electrons. The van der Waals surface area contributed by atoms with Crippen LogP contribution in [0, 0.1) is 0 Å². The van der Waals surface area contributed by atoms with Crippen LogP contribution in [0.5, 0.6) is 0 Å². The van der Waals surface area contributed by atoms with Crippen molar-refractivity contribution < 1.29 is 0 Å². The van der Waals surface area contributed by atoms with Crippen LogP contribution in [0.25, 0.3) is 0 Å². The maximum absolute atomic E-state index is 5.85. The highest BCUT2D eigenvalue weighted by molar-refractivity contribution is 5.05. The summed E-state index contributed by atoms with van der Waals surface area (Å²) in [5.74, 6) is 0.914. The van der Waals surface area contributed by atoms with E-state index in [1.165, 1.54) is 5.56 Å². The first-order chi connectivity index (χ1) is 7.28. The molecule has 2 rings (SSSR count). The van der Waals surface area contributed by atoms with Crippen molar-refractivity contribution in [3.63, 3.8) is 0 Å². The first-order valence-corrected chi connectivity index (χ1v) is 5.55. The molecule has 2 heterocycles. The quantitative estimate of drug-likeness (QED) is 0.785. The monoisotopic (exact) mass is 206 g/mol. The molecule has 1 aliphatic rings. The average Bonchev–Trinajstić information content (AvgIpc) is 2.65. The first kappa shape index (κ1) is 10.5. The van der Waals surface area contributed by atoms with Crippen molar-refractivity contribution in [2.45, 2.75) is 32.4 Å². The van der Waals surface area contributed by atoms with E-state index >= 15 is 0 Å². The van der Waals surface area contributed by atoms with Crippen LogP contribution in [0.3, 0.4) is 0 Å². The van der Waals surface area contributed by atoms with Crippen LogP contribution in [-0.2, 0) is 13.0 Å². The van der Waals surface area contributed by atoms with Crippen molar-refractivity contribution in [2.24, 2.45) is 5.73 Å². The molecule has 1 aromatic heterocycles. The van der Waals surface area contributed by atoms with Crippen molar-refractivity contribution in [1.29, 1.82) is 0 Å². The Bertz CT molecular complexity index is 309. The van der Waals surface area contributed by atoms with Gasteiger partial charge in [-0.3, -0.25) is 4.90 Å². The van der Waals surface area contributed by atoms with Crippen molar-refractivity contribution in [3.05, 3.63) is 23.8 Å². The van der Waals surface area contributed by atoms with Crippen LogP contribution in [0.15, 0.2) is 12.4 Å². The molecule has 82 valence electrons. The molecule has 1 unspecified atom stereocenters. The summed E-state index contributed by atoms with van der Waals surface area (Å²) in [6.07, 6.45) is 5.86. The standard InChI is InChI=1S/C11H18N4/c1-2-11-13-5-9(6-14-11)7-15-4-3-10(12)8-15/h5-6,10H,2-4,7-8,12H2,1H3. The Hall–Kier alpha value is -1.00. The van der Waals surface area contributed by atoms with Crippen molar-refractivity contribution in [2.75, 3.05) is 13.1 Å². The number of hydrogen-bond acceptors (Lipinski definition) is 4. The third-order valence-electron chi connectivity index (χ3n) is 2.79. The lowest BCUT2D eigenvalue weighted by Crippen LogP contribution is -2.26. The van der Waals surface area contributed by atoms with Crippen molar-refractivity contribution in [3.8, 4) is 0 Å². The summed E-state index contributed by atoms with van der Waals surface area (Å²) in [6.45, 7) is 5.08. The molecule has 1 saturated heterocycles. The molecule has 0 bridgehead atoms. The van der Waals surface area contributed by atoms with E-state index in [4.69, 9.17) is 5.73 Å². The molecule has 1 aromatic rings. The number of nitrogens with zero attached hydrogens (tertiary/aromatic N) is 3. The molecule has 2 N–H and O–H groups in total. The maximum atomic E-state index is 5.85. The second-order valence-electron chi connectivity index (χ2n) is 4.14. The third kappa shape index (κ3) is 2.73.